The number of guanidine groups is 1. The third-order valence-corrected chi connectivity index (χ3v) is 5.88. The van der Waals surface area contributed by atoms with Crippen molar-refractivity contribution in [1.29, 1.82) is 0 Å². The van der Waals surface area contributed by atoms with Gasteiger partial charge in [-0.15, -0.1) is 37.1 Å². The number of nitrogens with one attached hydrogen (secondary N) is 2. The highest BCUT2D eigenvalue weighted by Gasteiger charge is 2.32. The van der Waals surface area contributed by atoms with E-state index in [9.17, 15) is 18.0 Å². The van der Waals surface area contributed by atoms with Crippen LogP contribution in [0.5, 0.6) is 5.75 Å². The number of ether oxygens (including phenoxy) is 1. The number of carbonyl (C=O) groups is 1. The van der Waals surface area contributed by atoms with Gasteiger partial charge in [-0.3, -0.25) is 9.79 Å². The van der Waals surface area contributed by atoms with Crippen molar-refractivity contribution in [3.05, 3.63) is 29.8 Å². The summed E-state index contributed by atoms with van der Waals surface area (Å²) >= 11 is 0. The summed E-state index contributed by atoms with van der Waals surface area (Å²) in [5.74, 6) is 0.923. The van der Waals surface area contributed by atoms with Gasteiger partial charge in [-0.1, -0.05) is 31.4 Å². The van der Waals surface area contributed by atoms with Crippen molar-refractivity contribution in [2.75, 3.05) is 26.7 Å². The Kier molecular flexibility index (Phi) is 10.4. The summed E-state index contributed by atoms with van der Waals surface area (Å²) in [6, 6.07) is 6.02. The molecule has 6 nitrogen and oxygen atoms in total. The number of aliphatic imine (C=N–C) groups is 1. The van der Waals surface area contributed by atoms with E-state index in [0.717, 1.165) is 44.2 Å². The Hall–Kier alpha value is -1.72. The van der Waals surface area contributed by atoms with Crippen molar-refractivity contribution in [2.24, 2.45) is 10.9 Å². The van der Waals surface area contributed by atoms with Crippen LogP contribution in [0.15, 0.2) is 29.3 Å². The van der Waals surface area contributed by atoms with Crippen LogP contribution in [-0.2, 0) is 11.2 Å². The van der Waals surface area contributed by atoms with Gasteiger partial charge in [-0.25, -0.2) is 0 Å². The van der Waals surface area contributed by atoms with Gasteiger partial charge >= 0.3 is 6.36 Å². The Labute approximate surface area is 204 Å². The normalized spacial score (nSPS) is 19.9. The second-order valence-electron chi connectivity index (χ2n) is 8.19. The lowest BCUT2D eigenvalue weighted by molar-refractivity contribution is -0.274. The van der Waals surface area contributed by atoms with Gasteiger partial charge in [0.05, 0.1) is 0 Å². The molecule has 1 aliphatic carbocycles. The molecular weight excluding hydrogens is 536 g/mol. The van der Waals surface area contributed by atoms with Crippen LogP contribution in [0, 0.1) is 5.92 Å². The molecule has 180 valence electrons. The minimum absolute atomic E-state index is 0. The fourth-order valence-corrected chi connectivity index (χ4v) is 4.26. The number of hydrogen-bond donors (Lipinski definition) is 2. The van der Waals surface area contributed by atoms with Gasteiger partial charge in [0.25, 0.3) is 0 Å². The standard InChI is InChI=1S/C22H31F3N4O2.HI/c1-26-21(27-13-11-16-7-9-19(10-8-16)31-22(23,24)25)28-18-12-14-29(15-18)20(30)17-5-3-2-4-6-17;/h7-10,17-18H,2-6,11-15H2,1H3,(H2,26,27,28);1H. The van der Waals surface area contributed by atoms with Gasteiger partial charge in [0.2, 0.25) is 5.91 Å². The molecule has 10 heteroatoms. The lowest BCUT2D eigenvalue weighted by Gasteiger charge is -2.26. The first-order valence-electron chi connectivity index (χ1n) is 10.9. The van der Waals surface area contributed by atoms with Crippen LogP contribution >= 0.6 is 24.0 Å². The molecule has 1 heterocycles. The number of carbonyl (C=O) groups excluding carboxylic acids is 1. The van der Waals surface area contributed by atoms with Crippen LogP contribution in [0.2, 0.25) is 0 Å². The van der Waals surface area contributed by atoms with Gasteiger partial charge in [-0.2, -0.15) is 0 Å². The first-order chi connectivity index (χ1) is 14.8. The molecule has 1 saturated heterocycles. The Morgan fingerprint density at radius 1 is 1.16 bits per heavy atom. The van der Waals surface area contributed by atoms with E-state index in [2.05, 4.69) is 20.4 Å². The summed E-state index contributed by atoms with van der Waals surface area (Å²) < 4.78 is 40.6. The zero-order valence-corrected chi connectivity index (χ0v) is 20.6. The molecule has 1 saturated carbocycles. The van der Waals surface area contributed by atoms with Gasteiger partial charge < -0.3 is 20.3 Å². The number of halogens is 4. The maximum Gasteiger partial charge on any atom is 0.573 e. The number of rotatable bonds is 6. The van der Waals surface area contributed by atoms with E-state index < -0.39 is 6.36 Å². The van der Waals surface area contributed by atoms with Gasteiger partial charge in [0.1, 0.15) is 5.75 Å². The molecule has 1 amide bonds. The largest absolute Gasteiger partial charge is 0.573 e. The molecule has 1 aromatic carbocycles. The molecule has 1 aromatic rings. The summed E-state index contributed by atoms with van der Waals surface area (Å²) in [5.41, 5.74) is 0.891. The predicted molar refractivity (Wildman–Crippen MR) is 128 cm³/mol. The maximum atomic E-state index is 12.7. The topological polar surface area (TPSA) is 66.0 Å². The van der Waals surface area contributed by atoms with E-state index in [0.29, 0.717) is 31.4 Å². The number of hydrogen-bond acceptors (Lipinski definition) is 3. The Balaban J connectivity index is 0.00000363. The number of benzene rings is 1. The van der Waals surface area contributed by atoms with Crippen LogP contribution < -0.4 is 15.4 Å². The molecular formula is C22H32F3IN4O2. The second-order valence-corrected chi connectivity index (χ2v) is 8.19. The van der Waals surface area contributed by atoms with Gasteiger partial charge in [0, 0.05) is 38.6 Å². The Morgan fingerprint density at radius 3 is 2.47 bits per heavy atom. The quantitative estimate of drug-likeness (QED) is 0.309. The van der Waals surface area contributed by atoms with Crippen LogP contribution in [0.4, 0.5) is 13.2 Å². The molecule has 0 aromatic heterocycles. The number of alkyl halides is 3. The molecule has 0 spiro atoms. The average molecular weight is 568 g/mol. The zero-order chi connectivity index (χ0) is 22.3. The first-order valence-corrected chi connectivity index (χ1v) is 10.9. The molecule has 0 bridgehead atoms. The van der Waals surface area contributed by atoms with E-state index in [4.69, 9.17) is 0 Å². The minimum Gasteiger partial charge on any atom is -0.406 e. The molecule has 1 unspecified atom stereocenters. The van der Waals surface area contributed by atoms with Crippen molar-refractivity contribution < 1.29 is 22.7 Å². The van der Waals surface area contributed by atoms with Crippen molar-refractivity contribution in [2.45, 2.75) is 57.3 Å². The van der Waals surface area contributed by atoms with Crippen LogP contribution in [-0.4, -0.2) is 55.9 Å². The highest BCUT2D eigenvalue weighted by atomic mass is 127. The van der Waals surface area contributed by atoms with Crippen LogP contribution in [0.25, 0.3) is 0 Å². The van der Waals surface area contributed by atoms with Gasteiger partial charge in [0.15, 0.2) is 5.96 Å². The lowest BCUT2D eigenvalue weighted by Crippen LogP contribution is -2.46. The molecule has 2 N–H and O–H groups in total. The van der Waals surface area contributed by atoms with Crippen LogP contribution in [0.3, 0.4) is 0 Å². The van der Waals surface area contributed by atoms with E-state index in [-0.39, 0.29) is 41.7 Å². The monoisotopic (exact) mass is 568 g/mol. The van der Waals surface area contributed by atoms with Gasteiger partial charge in [-0.05, 0) is 43.4 Å². The Bertz CT molecular complexity index is 753. The summed E-state index contributed by atoms with van der Waals surface area (Å²) in [5, 5.41) is 6.60. The zero-order valence-electron chi connectivity index (χ0n) is 18.3. The fourth-order valence-electron chi connectivity index (χ4n) is 4.26. The summed E-state index contributed by atoms with van der Waals surface area (Å²) in [7, 11) is 1.69. The highest BCUT2D eigenvalue weighted by molar-refractivity contribution is 14.0. The van der Waals surface area contributed by atoms with E-state index in [1.165, 1.54) is 18.6 Å². The molecule has 1 atom stereocenters. The van der Waals surface area contributed by atoms with Crippen molar-refractivity contribution >= 4 is 35.8 Å². The molecule has 3 rings (SSSR count). The maximum absolute atomic E-state index is 12.7. The summed E-state index contributed by atoms with van der Waals surface area (Å²) in [4.78, 5) is 18.9. The summed E-state index contributed by atoms with van der Waals surface area (Å²) in [6.07, 6.45) is 2.41. The minimum atomic E-state index is -4.68. The first kappa shape index (κ1) is 26.5. The molecule has 2 fully saturated rings. The molecule has 2 aliphatic rings. The predicted octanol–water partition coefficient (Wildman–Crippen LogP) is 4.09. The second kappa shape index (κ2) is 12.5. The molecule has 1 aliphatic heterocycles. The number of amides is 1. The van der Waals surface area contributed by atoms with Crippen molar-refractivity contribution in [3.8, 4) is 5.75 Å². The number of likely N-dealkylation sites (tertiary alicyclic amines) is 1. The number of nitrogens with zero attached hydrogens (tertiary/aromatic N) is 2. The van der Waals surface area contributed by atoms with E-state index >= 15 is 0 Å². The lowest BCUT2D eigenvalue weighted by atomic mass is 9.88. The van der Waals surface area contributed by atoms with Crippen molar-refractivity contribution in [3.63, 3.8) is 0 Å². The van der Waals surface area contributed by atoms with E-state index in [1.54, 1.807) is 19.2 Å². The summed E-state index contributed by atoms with van der Waals surface area (Å²) in [6.45, 7) is 2.05. The third kappa shape index (κ3) is 8.32. The van der Waals surface area contributed by atoms with Crippen LogP contribution in [0.1, 0.15) is 44.1 Å². The van der Waals surface area contributed by atoms with E-state index in [1.807, 2.05) is 4.90 Å². The molecule has 0 radical (unpaired) electrons. The fraction of sp³-hybridized carbons (Fsp3) is 0.636. The molecule has 32 heavy (non-hydrogen) atoms. The third-order valence-electron chi connectivity index (χ3n) is 5.88. The van der Waals surface area contributed by atoms with Crippen molar-refractivity contribution in [1.82, 2.24) is 15.5 Å². The highest BCUT2D eigenvalue weighted by Crippen LogP contribution is 2.27. The average Bonchev–Trinajstić information content (AvgIpc) is 3.22. The smallest absolute Gasteiger partial charge is 0.406 e. The Morgan fingerprint density at radius 2 is 1.84 bits per heavy atom. The SMILES string of the molecule is CN=C(NCCc1ccc(OC(F)(F)F)cc1)NC1CCN(C(=O)C2CCCCC2)C1.I.